The second-order valence-electron chi connectivity index (χ2n) is 3.60. The maximum atomic E-state index is 11.6. The van der Waals surface area contributed by atoms with Gasteiger partial charge in [0.25, 0.3) is 5.56 Å². The molecule has 1 aromatic rings. The highest BCUT2D eigenvalue weighted by Crippen LogP contribution is 2.19. The van der Waals surface area contributed by atoms with E-state index in [1.54, 1.807) is 6.07 Å². The number of Topliss-reactive ketones (excluding diaryl/α,β-unsaturated/α-hetero) is 1. The molecule has 0 amide bonds. The van der Waals surface area contributed by atoms with Gasteiger partial charge in [0.15, 0.2) is 5.78 Å². The lowest BCUT2D eigenvalue weighted by Crippen LogP contribution is -2.27. The lowest BCUT2D eigenvalue weighted by atomic mass is 9.94. The van der Waals surface area contributed by atoms with E-state index in [0.717, 1.165) is 18.5 Å². The van der Waals surface area contributed by atoms with Crippen molar-refractivity contribution >= 4 is 5.78 Å². The van der Waals surface area contributed by atoms with Crippen molar-refractivity contribution in [1.82, 2.24) is 4.57 Å². The zero-order chi connectivity index (χ0) is 10.8. The number of hydrogen-bond donors (Lipinski definition) is 0. The molecule has 76 valence electrons. The number of carbonyl (C=O) groups is 1. The molecule has 1 aliphatic rings. The normalized spacial score (nSPS) is 14.5. The molecule has 0 spiro atoms. The summed E-state index contributed by atoms with van der Waals surface area (Å²) in [5.41, 5.74) is 1.34. The maximum absolute atomic E-state index is 11.6. The van der Waals surface area contributed by atoms with Crippen molar-refractivity contribution in [2.75, 3.05) is 0 Å². The first-order chi connectivity index (χ1) is 7.24. The van der Waals surface area contributed by atoms with Crippen molar-refractivity contribution in [2.24, 2.45) is 0 Å². The van der Waals surface area contributed by atoms with Crippen LogP contribution < -0.4 is 5.56 Å². The number of nitrogens with zero attached hydrogens (tertiary/aromatic N) is 1. The van der Waals surface area contributed by atoms with E-state index >= 15 is 0 Å². The average Bonchev–Trinajstić information content (AvgIpc) is 2.23. The SMILES string of the molecule is C#CCn1c2c(ccc1=O)C(=O)CCC2. The van der Waals surface area contributed by atoms with Gasteiger partial charge in [0.1, 0.15) is 0 Å². The van der Waals surface area contributed by atoms with Crippen LogP contribution in [0.25, 0.3) is 0 Å². The van der Waals surface area contributed by atoms with Crippen molar-refractivity contribution in [1.29, 1.82) is 0 Å². The Morgan fingerprint density at radius 1 is 1.33 bits per heavy atom. The summed E-state index contributed by atoms with van der Waals surface area (Å²) < 4.78 is 1.52. The minimum Gasteiger partial charge on any atom is -0.300 e. The minimum atomic E-state index is -0.124. The van der Waals surface area contributed by atoms with E-state index in [9.17, 15) is 9.59 Å². The first kappa shape index (κ1) is 9.72. The van der Waals surface area contributed by atoms with Crippen molar-refractivity contribution in [3.63, 3.8) is 0 Å². The Balaban J connectivity index is 2.64. The third-order valence-electron chi connectivity index (χ3n) is 2.66. The van der Waals surface area contributed by atoms with Gasteiger partial charge in [-0.25, -0.2) is 0 Å². The highest BCUT2D eigenvalue weighted by molar-refractivity contribution is 5.97. The van der Waals surface area contributed by atoms with Gasteiger partial charge in [0, 0.05) is 23.7 Å². The smallest absolute Gasteiger partial charge is 0.251 e. The van der Waals surface area contributed by atoms with Crippen molar-refractivity contribution < 1.29 is 4.79 Å². The van der Waals surface area contributed by atoms with Crippen LogP contribution in [0.5, 0.6) is 0 Å². The van der Waals surface area contributed by atoms with E-state index in [1.807, 2.05) is 0 Å². The van der Waals surface area contributed by atoms with E-state index in [0.29, 0.717) is 12.0 Å². The molecule has 1 aromatic heterocycles. The summed E-state index contributed by atoms with van der Waals surface area (Å²) in [7, 11) is 0. The lowest BCUT2D eigenvalue weighted by molar-refractivity contribution is 0.0970. The molecule has 0 radical (unpaired) electrons. The number of ketones is 1. The highest BCUT2D eigenvalue weighted by Gasteiger charge is 2.19. The number of pyridine rings is 1. The van der Waals surface area contributed by atoms with Crippen molar-refractivity contribution in [3.05, 3.63) is 33.7 Å². The molecule has 0 bridgehead atoms. The Morgan fingerprint density at radius 3 is 2.87 bits per heavy atom. The molecule has 0 unspecified atom stereocenters. The number of aromatic nitrogens is 1. The Kier molecular flexibility index (Phi) is 2.42. The van der Waals surface area contributed by atoms with Gasteiger partial charge < -0.3 is 4.57 Å². The van der Waals surface area contributed by atoms with E-state index in [4.69, 9.17) is 6.42 Å². The van der Waals surface area contributed by atoms with E-state index in [-0.39, 0.29) is 17.9 Å². The second kappa shape index (κ2) is 3.74. The molecule has 0 N–H and O–H groups in total. The fourth-order valence-electron chi connectivity index (χ4n) is 1.96. The van der Waals surface area contributed by atoms with Crippen LogP contribution in [0.15, 0.2) is 16.9 Å². The number of rotatable bonds is 1. The predicted molar refractivity (Wildman–Crippen MR) is 56.8 cm³/mol. The standard InChI is InChI=1S/C12H11NO2/c1-2-8-13-10-4-3-5-11(14)9(10)6-7-12(13)15/h1,6-7H,3-5,8H2. The number of terminal acetylenes is 1. The zero-order valence-electron chi connectivity index (χ0n) is 8.32. The van der Waals surface area contributed by atoms with Gasteiger partial charge in [-0.15, -0.1) is 6.42 Å². The summed E-state index contributed by atoms with van der Waals surface area (Å²) in [6.07, 6.45) is 7.34. The van der Waals surface area contributed by atoms with Gasteiger partial charge in [-0.1, -0.05) is 5.92 Å². The third-order valence-corrected chi connectivity index (χ3v) is 2.66. The molecule has 0 atom stereocenters. The topological polar surface area (TPSA) is 39.1 Å². The molecular weight excluding hydrogens is 190 g/mol. The van der Waals surface area contributed by atoms with Crippen molar-refractivity contribution in [3.8, 4) is 12.3 Å². The summed E-state index contributed by atoms with van der Waals surface area (Å²) in [6, 6.07) is 3.03. The van der Waals surface area contributed by atoms with Gasteiger partial charge in [-0.2, -0.15) is 0 Å². The summed E-state index contributed by atoms with van der Waals surface area (Å²) in [6.45, 7) is 0.245. The second-order valence-corrected chi connectivity index (χ2v) is 3.60. The Morgan fingerprint density at radius 2 is 2.13 bits per heavy atom. The highest BCUT2D eigenvalue weighted by atomic mass is 16.1. The molecule has 1 heterocycles. The molecule has 3 nitrogen and oxygen atoms in total. The molecule has 2 rings (SSSR count). The van der Waals surface area contributed by atoms with Crippen LogP contribution in [0.1, 0.15) is 28.9 Å². The largest absolute Gasteiger partial charge is 0.300 e. The van der Waals surface area contributed by atoms with Crippen LogP contribution in [-0.4, -0.2) is 10.4 Å². The molecule has 0 saturated carbocycles. The molecular formula is C12H11NO2. The number of fused-ring (bicyclic) bond motifs is 1. The van der Waals surface area contributed by atoms with E-state index in [1.165, 1.54) is 10.6 Å². The fourth-order valence-corrected chi connectivity index (χ4v) is 1.96. The van der Waals surface area contributed by atoms with Gasteiger partial charge in [-0.3, -0.25) is 9.59 Å². The van der Waals surface area contributed by atoms with Gasteiger partial charge in [0.2, 0.25) is 0 Å². The monoisotopic (exact) mass is 201 g/mol. The average molecular weight is 201 g/mol. The fraction of sp³-hybridized carbons (Fsp3) is 0.333. The van der Waals surface area contributed by atoms with Crippen LogP contribution in [0.2, 0.25) is 0 Å². The first-order valence-electron chi connectivity index (χ1n) is 4.93. The lowest BCUT2D eigenvalue weighted by Gasteiger charge is -2.18. The Labute approximate surface area is 87.7 Å². The molecule has 15 heavy (non-hydrogen) atoms. The summed E-state index contributed by atoms with van der Waals surface area (Å²) in [5.74, 6) is 2.55. The van der Waals surface area contributed by atoms with Crippen LogP contribution in [0.3, 0.4) is 0 Å². The minimum absolute atomic E-state index is 0.113. The molecule has 0 saturated heterocycles. The van der Waals surface area contributed by atoms with Gasteiger partial charge in [-0.05, 0) is 18.9 Å². The maximum Gasteiger partial charge on any atom is 0.251 e. The van der Waals surface area contributed by atoms with Crippen LogP contribution in [-0.2, 0) is 13.0 Å². The molecule has 3 heteroatoms. The Hall–Kier alpha value is -1.82. The molecule has 0 fully saturated rings. The first-order valence-corrected chi connectivity index (χ1v) is 4.93. The number of carbonyl (C=O) groups excluding carboxylic acids is 1. The van der Waals surface area contributed by atoms with E-state index < -0.39 is 0 Å². The zero-order valence-corrected chi connectivity index (χ0v) is 8.32. The molecule has 0 aromatic carbocycles. The summed E-state index contributed by atoms with van der Waals surface area (Å²) >= 11 is 0. The number of hydrogen-bond acceptors (Lipinski definition) is 2. The van der Waals surface area contributed by atoms with Crippen LogP contribution >= 0.6 is 0 Å². The quantitative estimate of drug-likeness (QED) is 0.636. The Bertz CT molecular complexity index is 505. The summed E-state index contributed by atoms with van der Waals surface area (Å²) in [4.78, 5) is 23.1. The van der Waals surface area contributed by atoms with Gasteiger partial charge in [0.05, 0.1) is 6.54 Å². The molecule has 1 aliphatic carbocycles. The van der Waals surface area contributed by atoms with Crippen LogP contribution in [0, 0.1) is 12.3 Å². The summed E-state index contributed by atoms with van der Waals surface area (Å²) in [5, 5.41) is 0. The van der Waals surface area contributed by atoms with Crippen molar-refractivity contribution in [2.45, 2.75) is 25.8 Å². The molecule has 0 aliphatic heterocycles. The van der Waals surface area contributed by atoms with Crippen LogP contribution in [0.4, 0.5) is 0 Å². The van der Waals surface area contributed by atoms with E-state index in [2.05, 4.69) is 5.92 Å². The van der Waals surface area contributed by atoms with Gasteiger partial charge >= 0.3 is 0 Å². The predicted octanol–water partition coefficient (Wildman–Crippen LogP) is 1.00. The third kappa shape index (κ3) is 1.59.